The topological polar surface area (TPSA) is 149 Å². The molecule has 292 valence electrons. The second kappa shape index (κ2) is 13.9. The van der Waals surface area contributed by atoms with Crippen LogP contribution in [-0.4, -0.2) is 70.4 Å². The van der Waals surface area contributed by atoms with Crippen molar-refractivity contribution in [1.29, 1.82) is 0 Å². The van der Waals surface area contributed by atoms with Crippen LogP contribution in [0, 0.1) is 24.2 Å². The third-order valence-electron chi connectivity index (χ3n) is 12.3. The number of nitrogens with one attached hydrogen (secondary N) is 1. The number of fused-ring (bicyclic) bond motifs is 5. The third-order valence-corrected chi connectivity index (χ3v) is 14.7. The maximum Gasteiger partial charge on any atom is 0.307 e. The second-order valence-corrected chi connectivity index (χ2v) is 20.3. The van der Waals surface area contributed by atoms with Gasteiger partial charge in [-0.15, -0.1) is 0 Å². The standard InChI is InChI=1S/C41H52ClN3O8S/c1-25-35-30(29-14-13-28(42)20-31(29)43-25)15-16-40(53-35)22-32-33(46)23-41(37(49)44-54(50,51)39(5)17-18-39)21-27(41)12-10-8-6-7-9-11-26(36(48)45(32)24-40)19-34(47)52-38(2,3)4/h10,12-14,20,26-27,32H,6-9,11,15-19,21-24H2,1-5H3,(H,44,49)/b12-10-/t26-,27-,32+,40-,41-/m1/s1. The number of halogens is 1. The molecule has 1 N–H and O–H groups in total. The van der Waals surface area contributed by atoms with Crippen LogP contribution in [0.1, 0.15) is 116 Å². The Morgan fingerprint density at radius 2 is 1.87 bits per heavy atom. The summed E-state index contributed by atoms with van der Waals surface area (Å²) in [7, 11) is -3.94. The number of rotatable bonds is 5. The maximum atomic E-state index is 14.8. The summed E-state index contributed by atoms with van der Waals surface area (Å²) in [6, 6.07) is 4.64. The Balaban J connectivity index is 1.23. The van der Waals surface area contributed by atoms with Gasteiger partial charge in [-0.05, 0) is 104 Å². The number of aryl methyl sites for hydroxylation is 2. The van der Waals surface area contributed by atoms with Gasteiger partial charge in [0.1, 0.15) is 17.0 Å². The van der Waals surface area contributed by atoms with E-state index in [9.17, 15) is 27.6 Å². The Hall–Kier alpha value is -3.51. The molecule has 2 aromatic rings. The van der Waals surface area contributed by atoms with Gasteiger partial charge >= 0.3 is 5.97 Å². The molecule has 0 bridgehead atoms. The van der Waals surface area contributed by atoms with Crippen LogP contribution in [0.15, 0.2) is 30.4 Å². The molecule has 3 fully saturated rings. The summed E-state index contributed by atoms with van der Waals surface area (Å²) in [5, 5.41) is 1.52. The number of allylic oxidation sites excluding steroid dienone is 2. The van der Waals surface area contributed by atoms with Crippen molar-refractivity contribution >= 4 is 56.1 Å². The van der Waals surface area contributed by atoms with Crippen LogP contribution in [0.2, 0.25) is 5.02 Å². The number of sulfonamides is 1. The zero-order valence-corrected chi connectivity index (χ0v) is 33.5. The molecule has 0 unspecified atom stereocenters. The molecule has 2 amide bonds. The molecule has 1 aromatic heterocycles. The number of hydrogen-bond acceptors (Lipinski definition) is 9. The first-order valence-electron chi connectivity index (χ1n) is 19.4. The predicted molar refractivity (Wildman–Crippen MR) is 204 cm³/mol. The first-order valence-corrected chi connectivity index (χ1v) is 21.3. The van der Waals surface area contributed by atoms with Crippen molar-refractivity contribution in [1.82, 2.24) is 14.6 Å². The molecule has 5 atom stereocenters. The SMILES string of the molecule is Cc1nc2cc(Cl)ccc2c2c1O[C@]1(CC2)C[C@H]2C(=O)C[C@]3(C(=O)NS(=O)(=O)C4(C)CC4)C[C@H]3/C=C\CCCCC[C@H](CC(=O)OC(C)(C)C)C(=O)N2C1. The van der Waals surface area contributed by atoms with Gasteiger partial charge in [-0.25, -0.2) is 13.4 Å². The van der Waals surface area contributed by atoms with Crippen LogP contribution < -0.4 is 9.46 Å². The van der Waals surface area contributed by atoms with Gasteiger partial charge in [0.15, 0.2) is 5.78 Å². The normalized spacial score (nSPS) is 30.3. The van der Waals surface area contributed by atoms with Crippen molar-refractivity contribution in [3.63, 3.8) is 0 Å². The molecule has 7 rings (SSSR count). The highest BCUT2D eigenvalue weighted by Crippen LogP contribution is 2.58. The van der Waals surface area contributed by atoms with Crippen molar-refractivity contribution < 1.29 is 37.1 Å². The maximum absolute atomic E-state index is 14.8. The molecule has 0 radical (unpaired) electrons. The number of nitrogens with zero attached hydrogens (tertiary/aromatic N) is 2. The second-order valence-electron chi connectivity index (χ2n) is 17.7. The summed E-state index contributed by atoms with van der Waals surface area (Å²) in [5.74, 6) is -2.15. The molecule has 54 heavy (non-hydrogen) atoms. The van der Waals surface area contributed by atoms with Gasteiger partial charge in [-0.1, -0.05) is 42.7 Å². The van der Waals surface area contributed by atoms with Gasteiger partial charge in [0.25, 0.3) is 0 Å². The molecule has 2 aliphatic carbocycles. The number of amides is 2. The Kier molecular flexibility index (Phi) is 9.98. The lowest BCUT2D eigenvalue weighted by molar-refractivity contribution is -0.159. The fourth-order valence-corrected chi connectivity index (χ4v) is 10.2. The molecular formula is C41H52ClN3O8S. The van der Waals surface area contributed by atoms with E-state index in [0.717, 1.165) is 35.7 Å². The molecule has 2 saturated carbocycles. The molecule has 11 nitrogen and oxygen atoms in total. The minimum Gasteiger partial charge on any atom is -0.483 e. The Labute approximate surface area is 323 Å². The van der Waals surface area contributed by atoms with E-state index in [4.69, 9.17) is 26.1 Å². The van der Waals surface area contributed by atoms with E-state index in [1.807, 2.05) is 37.3 Å². The predicted octanol–water partition coefficient (Wildman–Crippen LogP) is 6.69. The molecule has 3 aliphatic heterocycles. The summed E-state index contributed by atoms with van der Waals surface area (Å²) in [5.41, 5.74) is -0.446. The number of benzene rings is 1. The van der Waals surface area contributed by atoms with Crippen LogP contribution in [0.4, 0.5) is 0 Å². The van der Waals surface area contributed by atoms with E-state index in [2.05, 4.69) is 4.72 Å². The first-order chi connectivity index (χ1) is 25.3. The average molecular weight is 782 g/mol. The molecule has 1 aromatic carbocycles. The third kappa shape index (κ3) is 7.53. The van der Waals surface area contributed by atoms with Crippen molar-refractivity contribution in [3.8, 4) is 5.75 Å². The van der Waals surface area contributed by atoms with E-state index < -0.39 is 55.2 Å². The fourth-order valence-electron chi connectivity index (χ4n) is 8.72. The van der Waals surface area contributed by atoms with E-state index in [0.29, 0.717) is 61.4 Å². The van der Waals surface area contributed by atoms with Gasteiger partial charge in [-0.3, -0.25) is 23.9 Å². The Morgan fingerprint density at radius 1 is 1.11 bits per heavy atom. The van der Waals surface area contributed by atoms with Crippen molar-refractivity contribution in [2.45, 2.75) is 140 Å². The number of carbonyl (C=O) groups excluding carboxylic acids is 4. The number of aromatic nitrogens is 1. The molecular weight excluding hydrogens is 730 g/mol. The Morgan fingerprint density at radius 3 is 2.59 bits per heavy atom. The lowest BCUT2D eigenvalue weighted by Gasteiger charge is -2.36. The average Bonchev–Trinajstić information content (AvgIpc) is 3.97. The number of esters is 1. The lowest BCUT2D eigenvalue weighted by atomic mass is 9.85. The number of carbonyl (C=O) groups is 4. The summed E-state index contributed by atoms with van der Waals surface area (Å²) < 4.78 is 40.4. The van der Waals surface area contributed by atoms with Crippen LogP contribution in [-0.2, 0) is 40.4 Å². The van der Waals surface area contributed by atoms with Crippen molar-refractivity contribution in [3.05, 3.63) is 46.6 Å². The Bertz CT molecular complexity index is 2040. The summed E-state index contributed by atoms with van der Waals surface area (Å²) in [6.07, 6.45) is 9.85. The molecule has 13 heteroatoms. The number of hydrogen-bond donors (Lipinski definition) is 1. The monoisotopic (exact) mass is 781 g/mol. The minimum atomic E-state index is -3.94. The fraction of sp³-hybridized carbons (Fsp3) is 0.634. The van der Waals surface area contributed by atoms with Gasteiger partial charge in [0.2, 0.25) is 21.8 Å². The van der Waals surface area contributed by atoms with Crippen molar-refractivity contribution in [2.75, 3.05) is 6.54 Å². The highest BCUT2D eigenvalue weighted by atomic mass is 35.5. The highest BCUT2D eigenvalue weighted by Gasteiger charge is 2.63. The van der Waals surface area contributed by atoms with Crippen molar-refractivity contribution in [2.24, 2.45) is 17.3 Å². The van der Waals surface area contributed by atoms with Gasteiger partial charge in [0.05, 0.1) is 40.4 Å². The number of ether oxygens (including phenoxy) is 2. The quantitative estimate of drug-likeness (QED) is 0.259. The summed E-state index contributed by atoms with van der Waals surface area (Å²) in [4.78, 5) is 63.1. The smallest absolute Gasteiger partial charge is 0.307 e. The van der Waals surface area contributed by atoms with Gasteiger partial charge < -0.3 is 14.4 Å². The molecule has 4 heterocycles. The molecule has 5 aliphatic rings. The van der Waals surface area contributed by atoms with E-state index in [1.54, 1.807) is 32.6 Å². The van der Waals surface area contributed by atoms with Gasteiger partial charge in [0, 0.05) is 34.7 Å². The lowest BCUT2D eigenvalue weighted by Crippen LogP contribution is -2.48. The first kappa shape index (κ1) is 38.8. The van der Waals surface area contributed by atoms with E-state index in [1.165, 1.54) is 0 Å². The summed E-state index contributed by atoms with van der Waals surface area (Å²) >= 11 is 6.29. The van der Waals surface area contributed by atoms with Crippen LogP contribution >= 0.6 is 11.6 Å². The van der Waals surface area contributed by atoms with Crippen LogP contribution in [0.3, 0.4) is 0 Å². The number of Topliss-reactive ketones (excluding diaryl/α,β-unsaturated/α-hetero) is 1. The van der Waals surface area contributed by atoms with E-state index >= 15 is 0 Å². The minimum absolute atomic E-state index is 0.118. The highest BCUT2D eigenvalue weighted by molar-refractivity contribution is 7.91. The molecule has 1 saturated heterocycles. The van der Waals surface area contributed by atoms with Gasteiger partial charge in [-0.2, -0.15) is 0 Å². The molecule has 1 spiro atoms. The zero-order valence-electron chi connectivity index (χ0n) is 32.0. The zero-order chi connectivity index (χ0) is 38.8. The van der Waals surface area contributed by atoms with Crippen LogP contribution in [0.25, 0.3) is 10.9 Å². The number of pyridine rings is 1. The summed E-state index contributed by atoms with van der Waals surface area (Å²) in [6.45, 7) is 8.99. The van der Waals surface area contributed by atoms with E-state index in [-0.39, 0.29) is 43.4 Å². The van der Waals surface area contributed by atoms with Crippen LogP contribution in [0.5, 0.6) is 5.75 Å². The largest absolute Gasteiger partial charge is 0.483 e. The number of ketones is 1.